The van der Waals surface area contributed by atoms with E-state index in [0.29, 0.717) is 0 Å². The third-order valence-corrected chi connectivity index (χ3v) is 29.6. The van der Waals surface area contributed by atoms with Crippen LogP contribution in [0.3, 0.4) is 0 Å². The molecule has 650 valence electrons. The van der Waals surface area contributed by atoms with Crippen LogP contribution >= 0.6 is 0 Å². The molecule has 0 unspecified atom stereocenters. The van der Waals surface area contributed by atoms with Crippen LogP contribution in [-0.4, -0.2) is 18.3 Å². The largest absolute Gasteiger partial charge is 0.309 e. The minimum atomic E-state index is 1.14. The molecule has 0 saturated heterocycles. The first-order valence-corrected chi connectivity index (χ1v) is 48.4. The van der Waals surface area contributed by atoms with Crippen molar-refractivity contribution >= 4 is 163 Å². The zero-order chi connectivity index (χ0) is 92.0. The van der Waals surface area contributed by atoms with E-state index in [1.54, 1.807) is 0 Å². The van der Waals surface area contributed by atoms with Crippen LogP contribution in [0.5, 0.6) is 0 Å². The van der Waals surface area contributed by atoms with Gasteiger partial charge in [-0.1, -0.05) is 388 Å². The van der Waals surface area contributed by atoms with Crippen molar-refractivity contribution < 1.29 is 0 Å². The number of rotatable bonds is 12. The van der Waals surface area contributed by atoms with Gasteiger partial charge in [-0.3, -0.25) is 0 Å². The number of fused-ring (bicyclic) bond motifs is 25. The van der Waals surface area contributed by atoms with Crippen LogP contribution in [0.1, 0.15) is 0 Å². The first-order valence-electron chi connectivity index (χ1n) is 48.4. The summed E-state index contributed by atoms with van der Waals surface area (Å²) >= 11 is 0. The van der Waals surface area contributed by atoms with E-state index in [0.717, 1.165) is 22.7 Å². The zero-order valence-electron chi connectivity index (χ0n) is 76.4. The molecule has 0 aliphatic rings. The third kappa shape index (κ3) is 13.1. The smallest absolute Gasteiger partial charge is 0.0541 e. The molecule has 29 rings (SSSR count). The van der Waals surface area contributed by atoms with Crippen molar-refractivity contribution in [1.82, 2.24) is 18.3 Å². The summed E-state index contributed by atoms with van der Waals surface area (Å²) in [6, 6.07) is 192. The fraction of sp³-hybridized carbons (Fsp3) is 0. The molecule has 0 atom stereocenters. The second-order valence-corrected chi connectivity index (χ2v) is 37.3. The molecule has 0 saturated carbocycles. The van der Waals surface area contributed by atoms with Gasteiger partial charge in [0.15, 0.2) is 0 Å². The number of hydrogen-bond acceptors (Lipinski definition) is 0. The van der Waals surface area contributed by atoms with Gasteiger partial charge >= 0.3 is 0 Å². The summed E-state index contributed by atoms with van der Waals surface area (Å²) in [5, 5.41) is 27.9. The molecule has 4 aromatic heterocycles. The van der Waals surface area contributed by atoms with Gasteiger partial charge in [0.1, 0.15) is 0 Å². The number of aromatic nitrogens is 4. The van der Waals surface area contributed by atoms with E-state index < -0.39 is 0 Å². The lowest BCUT2D eigenvalue weighted by molar-refractivity contribution is 1.18. The molecule has 25 aromatic carbocycles. The van der Waals surface area contributed by atoms with Gasteiger partial charge in [-0.2, -0.15) is 0 Å². The molecule has 140 heavy (non-hydrogen) atoms. The molecule has 4 heteroatoms. The average Bonchev–Trinajstić information content (AvgIpc) is 0.995. The number of benzene rings is 25. The topological polar surface area (TPSA) is 19.7 Å². The summed E-state index contributed by atoms with van der Waals surface area (Å²) in [5.41, 5.74) is 33.6. The maximum absolute atomic E-state index is 2.44. The van der Waals surface area contributed by atoms with Crippen LogP contribution in [0.2, 0.25) is 0 Å². The lowest BCUT2D eigenvalue weighted by atomic mass is 9.87. The van der Waals surface area contributed by atoms with Gasteiger partial charge in [0.25, 0.3) is 0 Å². The Morgan fingerprint density at radius 2 is 0.357 bits per heavy atom. The molecule has 0 radical (unpaired) electrons. The Morgan fingerprint density at radius 3 is 0.757 bits per heavy atom. The quantitative estimate of drug-likeness (QED) is 0.109. The normalized spacial score (nSPS) is 11.9. The highest BCUT2D eigenvalue weighted by Gasteiger charge is 2.24. The molecule has 0 fully saturated rings. The first kappa shape index (κ1) is 80.0. The highest BCUT2D eigenvalue weighted by atomic mass is 15.0. The summed E-state index contributed by atoms with van der Waals surface area (Å²) in [6.45, 7) is 0. The minimum Gasteiger partial charge on any atom is -0.309 e. The molecule has 4 heterocycles. The van der Waals surface area contributed by atoms with Crippen molar-refractivity contribution in [3.63, 3.8) is 0 Å². The van der Waals surface area contributed by atoms with Crippen LogP contribution < -0.4 is 0 Å². The lowest BCUT2D eigenvalue weighted by Crippen LogP contribution is -1.95. The number of para-hydroxylation sites is 4. The van der Waals surface area contributed by atoms with Crippen LogP contribution in [0.25, 0.3) is 274 Å². The molecule has 0 spiro atoms. The number of nitrogens with zero attached hydrogens (tertiary/aromatic N) is 4. The molecular weight excluding hydrogens is 1690 g/mol. The van der Waals surface area contributed by atoms with Crippen LogP contribution in [0.15, 0.2) is 522 Å². The zero-order valence-corrected chi connectivity index (χ0v) is 76.4. The fourth-order valence-corrected chi connectivity index (χ4v) is 23.0. The Balaban J connectivity index is 0.000000138. The summed E-state index contributed by atoms with van der Waals surface area (Å²) in [5.74, 6) is 0. The molecule has 29 aromatic rings. The van der Waals surface area contributed by atoms with Gasteiger partial charge < -0.3 is 18.3 Å². The monoisotopic (exact) mass is 1770 g/mol. The summed E-state index contributed by atoms with van der Waals surface area (Å²) < 4.78 is 9.68. The predicted molar refractivity (Wildman–Crippen MR) is 596 cm³/mol. The van der Waals surface area contributed by atoms with E-state index >= 15 is 0 Å². The van der Waals surface area contributed by atoms with Crippen molar-refractivity contribution in [2.24, 2.45) is 0 Å². The highest BCUT2D eigenvalue weighted by molar-refractivity contribution is 6.33. The van der Waals surface area contributed by atoms with Crippen molar-refractivity contribution in [2.45, 2.75) is 0 Å². The number of hydrogen-bond donors (Lipinski definition) is 0. The van der Waals surface area contributed by atoms with Crippen molar-refractivity contribution in [1.29, 1.82) is 0 Å². The van der Waals surface area contributed by atoms with Gasteiger partial charge in [0.2, 0.25) is 0 Å². The van der Waals surface area contributed by atoms with Crippen molar-refractivity contribution in [3.8, 4) is 112 Å². The van der Waals surface area contributed by atoms with Gasteiger partial charge in [0, 0.05) is 65.8 Å². The second kappa shape index (κ2) is 32.7. The summed E-state index contributed by atoms with van der Waals surface area (Å²) in [7, 11) is 0. The minimum absolute atomic E-state index is 1.14. The molecule has 0 amide bonds. The fourth-order valence-electron chi connectivity index (χ4n) is 23.0. The van der Waals surface area contributed by atoms with Gasteiger partial charge in [-0.25, -0.2) is 0 Å². The Kier molecular flexibility index (Phi) is 18.7. The molecule has 0 N–H and O–H groups in total. The Hall–Kier alpha value is -18.5. The van der Waals surface area contributed by atoms with E-state index in [1.165, 1.54) is 252 Å². The van der Waals surface area contributed by atoms with Gasteiger partial charge in [-0.05, 0) is 298 Å². The maximum atomic E-state index is 2.44. The Morgan fingerprint density at radius 1 is 0.100 bits per heavy atom. The summed E-state index contributed by atoms with van der Waals surface area (Å²) in [4.78, 5) is 0. The van der Waals surface area contributed by atoms with Crippen molar-refractivity contribution in [3.05, 3.63) is 522 Å². The molecule has 0 aliphatic heterocycles. The van der Waals surface area contributed by atoms with Gasteiger partial charge in [0.05, 0.1) is 44.1 Å². The first-order chi connectivity index (χ1) is 69.4. The van der Waals surface area contributed by atoms with Crippen LogP contribution in [-0.2, 0) is 0 Å². The second-order valence-electron chi connectivity index (χ2n) is 37.3. The van der Waals surface area contributed by atoms with Crippen LogP contribution in [0.4, 0.5) is 0 Å². The molecule has 0 bridgehead atoms. The van der Waals surface area contributed by atoms with E-state index in [9.17, 15) is 0 Å². The van der Waals surface area contributed by atoms with E-state index in [1.807, 2.05) is 0 Å². The Labute approximate surface area is 808 Å². The SMILES string of the molecule is c1ccc(-c2ccc(-c3ccc(-n4c5ccccc5c5cc(-c6ccc7c(c6)c6ccccc6n7-c6ccc(-c7cc8c9ccccc9c9ccccc9c8c8ccccc78)cc6)ccc54)cc3)cc2)cc1.c1ccc(-c2ccc(-c3ccc(-n4c5ccccc5c5cc(-c6ccc7c(c6)c6ccccc6n7-c6cccc(-c7cc8ccc9ccccc9c8c8ccccc78)c6)ccc54)cc3)cc2)cc1. The standard InChI is InChI=1S/C70H44N2.C66H42N2/c1-2-14-45(15-3-1)46-26-28-47(29-27-46)48-30-36-52(37-31-48)71-66-24-12-10-20-58(66)63-42-50(34-40-68(63)71)51-35-41-69-64(43-51)59-21-11-13-25-67(59)72(69)53-38-32-49(33-39-53)62-44-65-56-18-5-4-16-54(56)55-17-6-8-22-60(55)70(65)61-23-9-7-19-57(61)62;1-2-13-43(14-3-1)44-25-27-45(28-26-44)46-31-35-52(36-32-46)67-62-23-10-8-20-56(62)60-40-48(33-37-64(60)67)49-34-38-65-61(41-49)57-21-9-11-24-63(57)68(65)53-17-12-16-50(39-53)59-42-51-30-29-47-15-4-5-18-54(47)66(51)58-22-7-6-19-55(58)59/h1-44H;1-42H. The predicted octanol–water partition coefficient (Wildman–Crippen LogP) is 37.2. The van der Waals surface area contributed by atoms with E-state index in [-0.39, 0.29) is 0 Å². The molecule has 4 nitrogen and oxygen atoms in total. The molecule has 0 aliphatic carbocycles. The lowest BCUT2D eigenvalue weighted by Gasteiger charge is -2.16. The summed E-state index contributed by atoms with van der Waals surface area (Å²) in [6.07, 6.45) is 0. The van der Waals surface area contributed by atoms with Crippen molar-refractivity contribution in [2.75, 3.05) is 0 Å². The van der Waals surface area contributed by atoms with Crippen LogP contribution in [0, 0.1) is 0 Å². The molecular formula is C136H86N4. The highest BCUT2D eigenvalue weighted by Crippen LogP contribution is 2.48. The van der Waals surface area contributed by atoms with Gasteiger partial charge in [-0.15, -0.1) is 0 Å². The third-order valence-electron chi connectivity index (χ3n) is 29.6. The average molecular weight is 1780 g/mol. The maximum Gasteiger partial charge on any atom is 0.0541 e. The van der Waals surface area contributed by atoms with E-state index in [4.69, 9.17) is 0 Å². The Bertz CT molecular complexity index is 10100. The van der Waals surface area contributed by atoms with E-state index in [2.05, 4.69) is 540 Å².